The van der Waals surface area contributed by atoms with Crippen molar-refractivity contribution in [2.45, 2.75) is 43.2 Å². The summed E-state index contributed by atoms with van der Waals surface area (Å²) in [5.74, 6) is -0.818. The van der Waals surface area contributed by atoms with Crippen molar-refractivity contribution in [3.63, 3.8) is 0 Å². The largest absolute Gasteiger partial charge is 0.480 e. The van der Waals surface area contributed by atoms with Crippen molar-refractivity contribution in [3.05, 3.63) is 59.7 Å². The van der Waals surface area contributed by atoms with Gasteiger partial charge in [0.05, 0.1) is 5.54 Å². The van der Waals surface area contributed by atoms with Crippen LogP contribution in [0.1, 0.15) is 42.7 Å². The normalized spacial score (nSPS) is 16.3. The fourth-order valence-electron chi connectivity index (χ4n) is 4.39. The summed E-state index contributed by atoms with van der Waals surface area (Å²) in [6.45, 7) is 0.206. The summed E-state index contributed by atoms with van der Waals surface area (Å²) in [5, 5.41) is 14.7. The van der Waals surface area contributed by atoms with Crippen LogP contribution in [-0.2, 0) is 14.3 Å². The average Bonchev–Trinajstić information content (AvgIpc) is 3.47. The molecule has 2 amide bonds. The number of aliphatic carboxylic acids is 1. The maximum atomic E-state index is 12.6. The third-order valence-corrected chi connectivity index (χ3v) is 6.95. The van der Waals surface area contributed by atoms with Gasteiger partial charge in [-0.05, 0) is 53.5 Å². The molecule has 2 aromatic rings. The highest BCUT2D eigenvalue weighted by atomic mass is 32.2. The maximum absolute atomic E-state index is 12.6. The zero-order valence-corrected chi connectivity index (χ0v) is 19.3. The van der Waals surface area contributed by atoms with E-state index in [2.05, 4.69) is 34.9 Å². The molecule has 0 radical (unpaired) electrons. The van der Waals surface area contributed by atoms with E-state index in [0.717, 1.165) is 22.3 Å². The zero-order valence-electron chi connectivity index (χ0n) is 18.5. The molecule has 0 saturated heterocycles. The lowest BCUT2D eigenvalue weighted by Gasteiger charge is -2.20. The van der Waals surface area contributed by atoms with E-state index in [1.807, 2.05) is 30.5 Å². The SMILES string of the molecule is CSCC[C@@H](NC(=O)CC1(NC(=O)OCC2c3ccccc3-c3ccccc32)CC1)C(=O)O. The van der Waals surface area contributed by atoms with Crippen molar-refractivity contribution < 1.29 is 24.2 Å². The molecule has 174 valence electrons. The van der Waals surface area contributed by atoms with Crippen LogP contribution in [0.5, 0.6) is 0 Å². The first-order valence-electron chi connectivity index (χ1n) is 11.1. The van der Waals surface area contributed by atoms with E-state index in [9.17, 15) is 19.5 Å². The Balaban J connectivity index is 1.32. The van der Waals surface area contributed by atoms with E-state index >= 15 is 0 Å². The minimum atomic E-state index is -1.05. The maximum Gasteiger partial charge on any atom is 0.407 e. The van der Waals surface area contributed by atoms with E-state index in [1.54, 1.807) is 0 Å². The summed E-state index contributed by atoms with van der Waals surface area (Å²) in [7, 11) is 0. The molecule has 0 unspecified atom stereocenters. The molecule has 0 aromatic heterocycles. The first-order chi connectivity index (χ1) is 15.9. The van der Waals surface area contributed by atoms with Gasteiger partial charge in [0.1, 0.15) is 12.6 Å². The number of carbonyl (C=O) groups excluding carboxylic acids is 2. The number of ether oxygens (including phenoxy) is 1. The molecule has 7 nitrogen and oxygen atoms in total. The van der Waals surface area contributed by atoms with Gasteiger partial charge in [0.2, 0.25) is 5.91 Å². The zero-order chi connectivity index (χ0) is 23.4. The first kappa shape index (κ1) is 23.2. The van der Waals surface area contributed by atoms with Crippen molar-refractivity contribution in [2.75, 3.05) is 18.6 Å². The topological polar surface area (TPSA) is 105 Å². The van der Waals surface area contributed by atoms with Crippen molar-refractivity contribution >= 4 is 29.7 Å². The first-order valence-corrected chi connectivity index (χ1v) is 12.5. The number of rotatable bonds is 10. The standard InChI is InChI=1S/C25H28N2O5S/c1-33-13-10-21(23(29)30)26-22(28)14-25(11-12-25)27-24(31)32-15-20-18-8-4-2-6-16(18)17-7-3-5-9-19(17)20/h2-9,20-21H,10-15H2,1H3,(H,26,28)(H,27,31)(H,29,30)/t21-/m1/s1. The number of fused-ring (bicyclic) bond motifs is 3. The van der Waals surface area contributed by atoms with Gasteiger partial charge in [-0.3, -0.25) is 4.79 Å². The lowest BCUT2D eigenvalue weighted by molar-refractivity contribution is -0.142. The summed E-state index contributed by atoms with van der Waals surface area (Å²) in [6, 6.07) is 15.3. The predicted octanol–water partition coefficient (Wildman–Crippen LogP) is 3.77. The number of amides is 2. The van der Waals surface area contributed by atoms with E-state index in [4.69, 9.17) is 4.74 Å². The predicted molar refractivity (Wildman–Crippen MR) is 127 cm³/mol. The van der Waals surface area contributed by atoms with Crippen LogP contribution in [0.4, 0.5) is 4.79 Å². The van der Waals surface area contributed by atoms with Crippen LogP contribution in [0, 0.1) is 0 Å². The summed E-state index contributed by atoms with van der Waals surface area (Å²) < 4.78 is 5.59. The summed E-state index contributed by atoms with van der Waals surface area (Å²) in [4.78, 5) is 36.4. The molecular formula is C25H28N2O5S. The molecule has 1 fully saturated rings. The average molecular weight is 469 g/mol. The number of carboxylic acid groups (broad SMARTS) is 1. The van der Waals surface area contributed by atoms with Gasteiger partial charge in [0.15, 0.2) is 0 Å². The molecular weight excluding hydrogens is 440 g/mol. The summed E-state index contributed by atoms with van der Waals surface area (Å²) in [6.07, 6.45) is 3.05. The second-order valence-corrected chi connectivity index (χ2v) is 9.63. The Kier molecular flexibility index (Phi) is 6.93. The molecule has 33 heavy (non-hydrogen) atoms. The molecule has 0 heterocycles. The van der Waals surface area contributed by atoms with Gasteiger partial charge >= 0.3 is 12.1 Å². The van der Waals surface area contributed by atoms with Gasteiger partial charge in [-0.15, -0.1) is 0 Å². The van der Waals surface area contributed by atoms with Crippen LogP contribution >= 0.6 is 11.8 Å². The fraction of sp³-hybridized carbons (Fsp3) is 0.400. The van der Waals surface area contributed by atoms with E-state index < -0.39 is 23.6 Å². The monoisotopic (exact) mass is 468 g/mol. The molecule has 4 rings (SSSR count). The highest BCUT2D eigenvalue weighted by Gasteiger charge is 2.46. The highest BCUT2D eigenvalue weighted by molar-refractivity contribution is 7.98. The fourth-order valence-corrected chi connectivity index (χ4v) is 4.87. The van der Waals surface area contributed by atoms with Gasteiger partial charge in [-0.25, -0.2) is 9.59 Å². The van der Waals surface area contributed by atoms with Crippen LogP contribution in [0.15, 0.2) is 48.5 Å². The molecule has 2 aliphatic rings. The van der Waals surface area contributed by atoms with E-state index in [0.29, 0.717) is 25.0 Å². The quantitative estimate of drug-likeness (QED) is 0.490. The van der Waals surface area contributed by atoms with Crippen LogP contribution in [0.25, 0.3) is 11.1 Å². The molecule has 8 heteroatoms. The number of nitrogens with one attached hydrogen (secondary N) is 2. The molecule has 1 atom stereocenters. The van der Waals surface area contributed by atoms with Crippen LogP contribution in [-0.4, -0.2) is 53.3 Å². The van der Waals surface area contributed by atoms with Crippen molar-refractivity contribution in [3.8, 4) is 11.1 Å². The van der Waals surface area contributed by atoms with Crippen molar-refractivity contribution in [1.29, 1.82) is 0 Å². The van der Waals surface area contributed by atoms with Gasteiger partial charge in [0, 0.05) is 12.3 Å². The van der Waals surface area contributed by atoms with Crippen LogP contribution in [0.3, 0.4) is 0 Å². The Morgan fingerprint density at radius 1 is 1.09 bits per heavy atom. The van der Waals surface area contributed by atoms with Gasteiger partial charge in [-0.1, -0.05) is 48.5 Å². The minimum absolute atomic E-state index is 0.0330. The number of thioether (sulfide) groups is 1. The Bertz CT molecular complexity index is 1010. The third-order valence-electron chi connectivity index (χ3n) is 6.31. The number of hydrogen-bond donors (Lipinski definition) is 3. The Hall–Kier alpha value is -3.00. The molecule has 0 aliphatic heterocycles. The van der Waals surface area contributed by atoms with Crippen molar-refractivity contribution in [1.82, 2.24) is 10.6 Å². The minimum Gasteiger partial charge on any atom is -0.480 e. The van der Waals surface area contributed by atoms with E-state index in [-0.39, 0.29) is 24.9 Å². The Labute approximate surface area is 197 Å². The summed E-state index contributed by atoms with van der Waals surface area (Å²) in [5.41, 5.74) is 3.93. The molecule has 0 spiro atoms. The molecule has 1 saturated carbocycles. The molecule has 0 bridgehead atoms. The molecule has 2 aliphatic carbocycles. The molecule has 3 N–H and O–H groups in total. The molecule has 2 aromatic carbocycles. The Morgan fingerprint density at radius 3 is 2.24 bits per heavy atom. The van der Waals surface area contributed by atoms with Gasteiger partial charge in [-0.2, -0.15) is 11.8 Å². The lowest BCUT2D eigenvalue weighted by atomic mass is 9.98. The van der Waals surface area contributed by atoms with Crippen LogP contribution < -0.4 is 10.6 Å². The second-order valence-electron chi connectivity index (χ2n) is 8.65. The second kappa shape index (κ2) is 9.87. The lowest BCUT2D eigenvalue weighted by Crippen LogP contribution is -2.46. The smallest absolute Gasteiger partial charge is 0.407 e. The van der Waals surface area contributed by atoms with Gasteiger partial charge in [0.25, 0.3) is 0 Å². The number of carboxylic acids is 1. The van der Waals surface area contributed by atoms with E-state index in [1.165, 1.54) is 11.8 Å². The third kappa shape index (κ3) is 5.33. The number of hydrogen-bond acceptors (Lipinski definition) is 5. The summed E-state index contributed by atoms with van der Waals surface area (Å²) >= 11 is 1.53. The highest BCUT2D eigenvalue weighted by Crippen LogP contribution is 2.44. The van der Waals surface area contributed by atoms with Gasteiger partial charge < -0.3 is 20.5 Å². The number of benzene rings is 2. The van der Waals surface area contributed by atoms with Crippen molar-refractivity contribution in [2.24, 2.45) is 0 Å². The van der Waals surface area contributed by atoms with Crippen LogP contribution in [0.2, 0.25) is 0 Å². The Morgan fingerprint density at radius 2 is 1.70 bits per heavy atom. The number of carbonyl (C=O) groups is 3. The number of alkyl carbamates (subject to hydrolysis) is 1.